The summed E-state index contributed by atoms with van der Waals surface area (Å²) in [6.07, 6.45) is -4.31. The number of nitrogens with two attached hydrogens (primary N) is 1. The van der Waals surface area contributed by atoms with Crippen LogP contribution in [0.15, 0.2) is 24.3 Å². The van der Waals surface area contributed by atoms with Crippen molar-refractivity contribution < 1.29 is 17.9 Å². The topological polar surface area (TPSA) is 38.5 Å². The van der Waals surface area contributed by atoms with E-state index in [1.165, 1.54) is 12.1 Å². The van der Waals surface area contributed by atoms with Gasteiger partial charge in [0.25, 0.3) is 0 Å². The first-order valence-electron chi connectivity index (χ1n) is 5.96. The highest BCUT2D eigenvalue weighted by Crippen LogP contribution is 2.30. The molecule has 0 aliphatic heterocycles. The summed E-state index contributed by atoms with van der Waals surface area (Å²) in [5.41, 5.74) is 5.82. The van der Waals surface area contributed by atoms with E-state index in [9.17, 15) is 13.2 Å². The minimum Gasteiger partial charge on any atom is -0.383 e. The number of methoxy groups -OCH3 is 1. The molecule has 2 N–H and O–H groups in total. The smallest absolute Gasteiger partial charge is 0.383 e. The van der Waals surface area contributed by atoms with Crippen molar-refractivity contribution in [2.75, 3.05) is 33.9 Å². The van der Waals surface area contributed by atoms with Gasteiger partial charge < -0.3 is 10.5 Å². The zero-order valence-electron chi connectivity index (χ0n) is 11.1. The van der Waals surface area contributed by atoms with Crippen LogP contribution < -0.4 is 5.73 Å². The van der Waals surface area contributed by atoms with Crippen molar-refractivity contribution in [1.29, 1.82) is 0 Å². The number of rotatable bonds is 6. The van der Waals surface area contributed by atoms with Crippen LogP contribution in [0.2, 0.25) is 0 Å². The average molecular weight is 276 g/mol. The lowest BCUT2D eigenvalue weighted by Gasteiger charge is -2.27. The van der Waals surface area contributed by atoms with Crippen molar-refractivity contribution in [2.45, 2.75) is 12.2 Å². The van der Waals surface area contributed by atoms with Crippen LogP contribution in [-0.2, 0) is 10.9 Å². The lowest BCUT2D eigenvalue weighted by Crippen LogP contribution is -2.33. The molecule has 0 saturated carbocycles. The molecule has 0 saturated heterocycles. The summed E-state index contributed by atoms with van der Waals surface area (Å²) >= 11 is 0. The highest BCUT2D eigenvalue weighted by atomic mass is 19.4. The number of benzene rings is 1. The van der Waals surface area contributed by atoms with Crippen molar-refractivity contribution in [3.8, 4) is 0 Å². The van der Waals surface area contributed by atoms with Crippen LogP contribution in [0.4, 0.5) is 13.2 Å². The number of hydrogen-bond donors (Lipinski definition) is 1. The van der Waals surface area contributed by atoms with E-state index in [0.717, 1.165) is 17.7 Å². The normalized spacial score (nSPS) is 13.8. The number of likely N-dealkylation sites (N-methyl/N-ethyl adjacent to an activating group) is 1. The molecule has 1 aromatic carbocycles. The summed E-state index contributed by atoms with van der Waals surface area (Å²) in [7, 11) is 3.47. The Balaban J connectivity index is 2.82. The molecule has 0 radical (unpaired) electrons. The predicted molar refractivity (Wildman–Crippen MR) is 67.7 cm³/mol. The second-order valence-electron chi connectivity index (χ2n) is 4.34. The average Bonchev–Trinajstić information content (AvgIpc) is 2.37. The standard InChI is InChI=1S/C13H19F3N2O/c1-18(7-8-19-2)12(9-17)10-3-5-11(6-4-10)13(14,15)16/h3-6,12H,7-9,17H2,1-2H3. The zero-order chi connectivity index (χ0) is 14.5. The summed E-state index contributed by atoms with van der Waals surface area (Å²) in [6.45, 7) is 1.55. The van der Waals surface area contributed by atoms with Gasteiger partial charge in [0.05, 0.1) is 12.2 Å². The number of ether oxygens (including phenoxy) is 1. The Hall–Kier alpha value is -1.11. The monoisotopic (exact) mass is 276 g/mol. The number of hydrogen-bond acceptors (Lipinski definition) is 3. The third-order valence-electron chi connectivity index (χ3n) is 3.03. The van der Waals surface area contributed by atoms with E-state index in [0.29, 0.717) is 19.7 Å². The van der Waals surface area contributed by atoms with Crippen LogP contribution in [0.1, 0.15) is 17.2 Å². The van der Waals surface area contributed by atoms with E-state index in [2.05, 4.69) is 0 Å². The van der Waals surface area contributed by atoms with Crippen molar-refractivity contribution in [3.05, 3.63) is 35.4 Å². The molecule has 0 spiro atoms. The Morgan fingerprint density at radius 2 is 1.84 bits per heavy atom. The van der Waals surface area contributed by atoms with Gasteiger partial charge in [-0.25, -0.2) is 0 Å². The fraction of sp³-hybridized carbons (Fsp3) is 0.538. The first kappa shape index (κ1) is 15.9. The Bertz CT molecular complexity index is 378. The maximum Gasteiger partial charge on any atom is 0.416 e. The summed E-state index contributed by atoms with van der Waals surface area (Å²) < 4.78 is 42.4. The Labute approximate surface area is 111 Å². The molecule has 0 heterocycles. The third-order valence-corrected chi connectivity index (χ3v) is 3.03. The molecule has 6 heteroatoms. The lowest BCUT2D eigenvalue weighted by atomic mass is 10.0. The molecule has 0 aliphatic rings. The molecule has 1 rings (SSSR count). The zero-order valence-corrected chi connectivity index (χ0v) is 11.1. The van der Waals surface area contributed by atoms with Crippen molar-refractivity contribution >= 4 is 0 Å². The van der Waals surface area contributed by atoms with Gasteiger partial charge in [-0.15, -0.1) is 0 Å². The molecular formula is C13H19F3N2O. The van der Waals surface area contributed by atoms with Crippen molar-refractivity contribution in [2.24, 2.45) is 5.73 Å². The van der Waals surface area contributed by atoms with Gasteiger partial charge in [0.2, 0.25) is 0 Å². The summed E-state index contributed by atoms with van der Waals surface area (Å²) in [5, 5.41) is 0. The Kier molecular flexibility index (Phi) is 5.78. The SMILES string of the molecule is COCCN(C)C(CN)c1ccc(C(F)(F)F)cc1. The van der Waals surface area contributed by atoms with E-state index in [1.807, 2.05) is 11.9 Å². The van der Waals surface area contributed by atoms with Crippen LogP contribution >= 0.6 is 0 Å². The molecule has 108 valence electrons. The summed E-state index contributed by atoms with van der Waals surface area (Å²) in [5.74, 6) is 0. The minimum atomic E-state index is -4.31. The van der Waals surface area contributed by atoms with Gasteiger partial charge in [-0.2, -0.15) is 13.2 Å². The Morgan fingerprint density at radius 3 is 2.26 bits per heavy atom. The summed E-state index contributed by atoms with van der Waals surface area (Å²) in [4.78, 5) is 1.96. The van der Waals surface area contributed by atoms with Crippen LogP contribution in [0, 0.1) is 0 Å². The fourth-order valence-corrected chi connectivity index (χ4v) is 1.86. The molecule has 0 fully saturated rings. The Morgan fingerprint density at radius 1 is 1.26 bits per heavy atom. The van der Waals surface area contributed by atoms with Crippen LogP contribution in [0.25, 0.3) is 0 Å². The van der Waals surface area contributed by atoms with Gasteiger partial charge in [-0.05, 0) is 24.7 Å². The molecule has 0 aliphatic carbocycles. The quantitative estimate of drug-likeness (QED) is 0.866. The van der Waals surface area contributed by atoms with Gasteiger partial charge in [-0.1, -0.05) is 12.1 Å². The lowest BCUT2D eigenvalue weighted by molar-refractivity contribution is -0.137. The number of nitrogens with zero attached hydrogens (tertiary/aromatic N) is 1. The van der Waals surface area contributed by atoms with Gasteiger partial charge in [-0.3, -0.25) is 4.90 Å². The van der Waals surface area contributed by atoms with E-state index >= 15 is 0 Å². The van der Waals surface area contributed by atoms with E-state index in [4.69, 9.17) is 10.5 Å². The van der Waals surface area contributed by atoms with Gasteiger partial charge in [0.15, 0.2) is 0 Å². The number of halogens is 3. The molecule has 3 nitrogen and oxygen atoms in total. The number of alkyl halides is 3. The molecule has 1 unspecified atom stereocenters. The molecule has 0 aromatic heterocycles. The molecule has 1 aromatic rings. The third kappa shape index (κ3) is 4.49. The van der Waals surface area contributed by atoms with Crippen molar-refractivity contribution in [3.63, 3.8) is 0 Å². The highest BCUT2D eigenvalue weighted by molar-refractivity contribution is 5.27. The van der Waals surface area contributed by atoms with Crippen LogP contribution in [0.3, 0.4) is 0 Å². The van der Waals surface area contributed by atoms with Crippen molar-refractivity contribution in [1.82, 2.24) is 4.90 Å². The molecule has 0 bridgehead atoms. The van der Waals surface area contributed by atoms with E-state index in [-0.39, 0.29) is 6.04 Å². The largest absolute Gasteiger partial charge is 0.416 e. The van der Waals surface area contributed by atoms with E-state index in [1.54, 1.807) is 7.11 Å². The summed E-state index contributed by atoms with van der Waals surface area (Å²) in [6, 6.07) is 5.01. The van der Waals surface area contributed by atoms with E-state index < -0.39 is 11.7 Å². The van der Waals surface area contributed by atoms with Crippen LogP contribution in [0.5, 0.6) is 0 Å². The van der Waals surface area contributed by atoms with Gasteiger partial charge in [0.1, 0.15) is 0 Å². The molecular weight excluding hydrogens is 257 g/mol. The van der Waals surface area contributed by atoms with Gasteiger partial charge in [0, 0.05) is 26.2 Å². The molecule has 1 atom stereocenters. The molecule has 19 heavy (non-hydrogen) atoms. The maximum atomic E-state index is 12.5. The first-order chi connectivity index (χ1) is 8.90. The minimum absolute atomic E-state index is 0.113. The maximum absolute atomic E-state index is 12.5. The van der Waals surface area contributed by atoms with Gasteiger partial charge >= 0.3 is 6.18 Å². The second kappa shape index (κ2) is 6.88. The highest BCUT2D eigenvalue weighted by Gasteiger charge is 2.30. The second-order valence-corrected chi connectivity index (χ2v) is 4.34. The van der Waals surface area contributed by atoms with Crippen LogP contribution in [-0.4, -0.2) is 38.8 Å². The predicted octanol–water partition coefficient (Wildman–Crippen LogP) is 2.28. The fourth-order valence-electron chi connectivity index (χ4n) is 1.86. The first-order valence-corrected chi connectivity index (χ1v) is 5.96. The molecule has 0 amide bonds.